The smallest absolute Gasteiger partial charge is 0.306 e. The minimum absolute atomic E-state index is 0.0468. The third-order valence-electron chi connectivity index (χ3n) is 8.16. The molecule has 0 heterocycles. The molecule has 0 rings (SSSR count). The molecular weight excluding hydrogens is 725 g/mol. The van der Waals surface area contributed by atoms with Crippen molar-refractivity contribution in [2.24, 2.45) is 0 Å². The van der Waals surface area contributed by atoms with Gasteiger partial charge in [-0.05, 0) is 77.0 Å². The Kier molecular flexibility index (Phi) is 35.4. The van der Waals surface area contributed by atoms with Crippen molar-refractivity contribution in [2.45, 2.75) is 136 Å². The molecule has 0 aromatic heterocycles. The van der Waals surface area contributed by atoms with Crippen LogP contribution in [0, 0.1) is 0 Å². The Labute approximate surface area is 341 Å². The molecule has 0 radical (unpaired) electrons. The predicted octanol–water partition coefficient (Wildman–Crippen LogP) is 11.2. The average Bonchev–Trinajstić information content (AvgIpc) is 3.15. The standard InChI is InChI=1S/C46H76NO8P/c1-6-8-10-12-14-16-18-20-21-22-23-24-25-27-28-30-32-34-36-38-45(48)52-42-44(43-54-56(50,51)53-41-40-47(3,4)5)55-46(49)39-37-35-33-31-29-26-19-17-15-13-11-9-7-2/h8-11,13-17,19-21,23-24,27-28,44H,6-7,12,18,22,25-26,29-43H2,1-5H3/b10-8+,11-9+,15-13+,16-14+,19-17+,21-20+,24-23+,28-27+. The zero-order valence-corrected chi connectivity index (χ0v) is 36.4. The summed E-state index contributed by atoms with van der Waals surface area (Å²) in [6.45, 7) is 3.88. The molecule has 56 heavy (non-hydrogen) atoms. The lowest BCUT2D eigenvalue weighted by molar-refractivity contribution is -0.870. The molecule has 0 fully saturated rings. The summed E-state index contributed by atoms with van der Waals surface area (Å²) >= 11 is 0. The van der Waals surface area contributed by atoms with Crippen LogP contribution in [0.5, 0.6) is 0 Å². The monoisotopic (exact) mass is 802 g/mol. The van der Waals surface area contributed by atoms with Gasteiger partial charge < -0.3 is 27.9 Å². The van der Waals surface area contributed by atoms with Crippen LogP contribution < -0.4 is 4.89 Å². The molecule has 0 spiro atoms. The minimum atomic E-state index is -4.64. The van der Waals surface area contributed by atoms with Gasteiger partial charge in [-0.25, -0.2) is 0 Å². The van der Waals surface area contributed by atoms with Crippen LogP contribution in [0.2, 0.25) is 0 Å². The Hall–Kier alpha value is -3.07. The van der Waals surface area contributed by atoms with Crippen LogP contribution in [-0.2, 0) is 32.7 Å². The first-order valence-electron chi connectivity index (χ1n) is 21.0. The van der Waals surface area contributed by atoms with Crippen molar-refractivity contribution in [3.8, 4) is 0 Å². The fraction of sp³-hybridized carbons (Fsp3) is 0.609. The van der Waals surface area contributed by atoms with E-state index in [4.69, 9.17) is 18.5 Å². The van der Waals surface area contributed by atoms with Gasteiger partial charge in [0, 0.05) is 12.8 Å². The van der Waals surface area contributed by atoms with Crippen LogP contribution in [0.15, 0.2) is 97.2 Å². The minimum Gasteiger partial charge on any atom is -0.756 e. The predicted molar refractivity (Wildman–Crippen MR) is 231 cm³/mol. The number of phosphoric ester groups is 1. The Morgan fingerprint density at radius 3 is 1.64 bits per heavy atom. The number of unbranched alkanes of at least 4 members (excludes halogenated alkanes) is 8. The summed E-state index contributed by atoms with van der Waals surface area (Å²) in [4.78, 5) is 37.5. The van der Waals surface area contributed by atoms with E-state index in [1.165, 1.54) is 0 Å². The van der Waals surface area contributed by atoms with Gasteiger partial charge in [0.15, 0.2) is 6.10 Å². The lowest BCUT2D eigenvalue weighted by atomic mass is 10.1. The SMILES string of the molecule is CC/C=C/C=C/C=C/CCCCCCCC(=O)OC(COC(=O)CCCCC/C=C/C/C=C/C/C=C/C/C=C/C/C=C/CC)COP(=O)([O-])OCC[N+](C)(C)C. The number of ether oxygens (including phenoxy) is 2. The van der Waals surface area contributed by atoms with Crippen molar-refractivity contribution in [1.82, 2.24) is 0 Å². The molecule has 318 valence electrons. The topological polar surface area (TPSA) is 111 Å². The van der Waals surface area contributed by atoms with Crippen LogP contribution in [0.4, 0.5) is 0 Å². The van der Waals surface area contributed by atoms with Gasteiger partial charge in [-0.15, -0.1) is 0 Å². The van der Waals surface area contributed by atoms with E-state index in [9.17, 15) is 19.0 Å². The zero-order valence-electron chi connectivity index (χ0n) is 35.5. The highest BCUT2D eigenvalue weighted by Crippen LogP contribution is 2.38. The third kappa shape index (κ3) is 40.6. The Morgan fingerprint density at radius 1 is 0.571 bits per heavy atom. The molecule has 9 nitrogen and oxygen atoms in total. The normalized spacial score (nSPS) is 14.6. The van der Waals surface area contributed by atoms with Gasteiger partial charge in [-0.3, -0.25) is 14.2 Å². The van der Waals surface area contributed by atoms with E-state index in [0.717, 1.165) is 89.9 Å². The van der Waals surface area contributed by atoms with Crippen molar-refractivity contribution in [2.75, 3.05) is 47.5 Å². The molecule has 0 saturated carbocycles. The van der Waals surface area contributed by atoms with Crippen LogP contribution >= 0.6 is 7.82 Å². The number of carbonyl (C=O) groups excluding carboxylic acids is 2. The molecule has 0 amide bonds. The van der Waals surface area contributed by atoms with Crippen LogP contribution in [0.3, 0.4) is 0 Å². The lowest BCUT2D eigenvalue weighted by Crippen LogP contribution is -2.37. The number of esters is 2. The van der Waals surface area contributed by atoms with Crippen molar-refractivity contribution in [3.63, 3.8) is 0 Å². The number of hydrogen-bond acceptors (Lipinski definition) is 8. The number of carbonyl (C=O) groups is 2. The second-order valence-electron chi connectivity index (χ2n) is 14.6. The second kappa shape index (κ2) is 37.5. The Morgan fingerprint density at radius 2 is 1.05 bits per heavy atom. The largest absolute Gasteiger partial charge is 0.756 e. The van der Waals surface area contributed by atoms with Crippen LogP contribution in [-0.4, -0.2) is 70.0 Å². The van der Waals surface area contributed by atoms with Gasteiger partial charge in [-0.1, -0.05) is 137 Å². The molecule has 0 aliphatic heterocycles. The molecule has 10 heteroatoms. The van der Waals surface area contributed by atoms with E-state index in [0.29, 0.717) is 23.9 Å². The molecule has 0 bridgehead atoms. The first-order valence-corrected chi connectivity index (χ1v) is 22.4. The summed E-state index contributed by atoms with van der Waals surface area (Å²) in [5.74, 6) is -0.909. The van der Waals surface area contributed by atoms with Crippen molar-refractivity contribution >= 4 is 19.8 Å². The Balaban J connectivity index is 4.48. The van der Waals surface area contributed by atoms with Gasteiger partial charge in [-0.2, -0.15) is 0 Å². The fourth-order valence-corrected chi connectivity index (χ4v) is 5.64. The van der Waals surface area contributed by atoms with E-state index in [2.05, 4.69) is 92.8 Å². The van der Waals surface area contributed by atoms with Crippen molar-refractivity contribution < 1.29 is 42.1 Å². The van der Waals surface area contributed by atoms with E-state index < -0.39 is 32.5 Å². The summed E-state index contributed by atoms with van der Waals surface area (Å²) in [5, 5.41) is 0. The number of allylic oxidation sites excluding steroid dienone is 16. The fourth-order valence-electron chi connectivity index (χ4n) is 4.91. The molecule has 0 aromatic rings. The quantitative estimate of drug-likeness (QED) is 0.0154. The van der Waals surface area contributed by atoms with Gasteiger partial charge in [0.1, 0.15) is 19.8 Å². The maximum Gasteiger partial charge on any atom is 0.306 e. The van der Waals surface area contributed by atoms with E-state index >= 15 is 0 Å². The molecular formula is C46H76NO8P. The lowest BCUT2D eigenvalue weighted by Gasteiger charge is -2.28. The molecule has 2 unspecified atom stereocenters. The molecule has 0 N–H and O–H groups in total. The van der Waals surface area contributed by atoms with Crippen molar-refractivity contribution in [1.29, 1.82) is 0 Å². The van der Waals surface area contributed by atoms with Gasteiger partial charge >= 0.3 is 11.9 Å². The summed E-state index contributed by atoms with van der Waals surface area (Å²) in [6.07, 6.45) is 48.7. The average molecular weight is 802 g/mol. The third-order valence-corrected chi connectivity index (χ3v) is 9.12. The molecule has 0 saturated heterocycles. The molecule has 0 aromatic carbocycles. The number of phosphoric acid groups is 1. The highest BCUT2D eigenvalue weighted by atomic mass is 31.2. The van der Waals surface area contributed by atoms with E-state index in [-0.39, 0.29) is 26.1 Å². The summed E-state index contributed by atoms with van der Waals surface area (Å²) in [6, 6.07) is 0. The Bertz CT molecular complexity index is 1270. The first-order chi connectivity index (χ1) is 27.0. The zero-order chi connectivity index (χ0) is 41.4. The number of rotatable bonds is 36. The highest BCUT2D eigenvalue weighted by Gasteiger charge is 2.21. The van der Waals surface area contributed by atoms with Crippen molar-refractivity contribution in [3.05, 3.63) is 97.2 Å². The second-order valence-corrected chi connectivity index (χ2v) is 16.1. The summed E-state index contributed by atoms with van der Waals surface area (Å²) < 4.78 is 33.8. The van der Waals surface area contributed by atoms with Crippen LogP contribution in [0.1, 0.15) is 129 Å². The van der Waals surface area contributed by atoms with Gasteiger partial charge in [0.25, 0.3) is 7.82 Å². The summed E-state index contributed by atoms with van der Waals surface area (Å²) in [7, 11) is 1.11. The number of likely N-dealkylation sites (N-methyl/N-ethyl adjacent to an activating group) is 1. The number of quaternary nitrogens is 1. The first kappa shape index (κ1) is 52.9. The van der Waals surface area contributed by atoms with E-state index in [1.54, 1.807) is 0 Å². The van der Waals surface area contributed by atoms with E-state index in [1.807, 2.05) is 39.4 Å². The number of nitrogens with zero attached hydrogens (tertiary/aromatic N) is 1. The molecule has 0 aliphatic carbocycles. The molecule has 0 aliphatic rings. The van der Waals surface area contributed by atoms with Gasteiger partial charge in [0.2, 0.25) is 0 Å². The summed E-state index contributed by atoms with van der Waals surface area (Å²) in [5.41, 5.74) is 0. The number of hydrogen-bond donors (Lipinski definition) is 0. The highest BCUT2D eigenvalue weighted by molar-refractivity contribution is 7.45. The maximum atomic E-state index is 12.6. The maximum absolute atomic E-state index is 12.6. The van der Waals surface area contributed by atoms with Gasteiger partial charge in [0.05, 0.1) is 27.7 Å². The van der Waals surface area contributed by atoms with Crippen LogP contribution in [0.25, 0.3) is 0 Å². The molecule has 2 atom stereocenters.